The highest BCUT2D eigenvalue weighted by Gasteiger charge is 2.15. The summed E-state index contributed by atoms with van der Waals surface area (Å²) in [6.07, 6.45) is 5.38. The lowest BCUT2D eigenvalue weighted by Gasteiger charge is -2.29. The first-order chi connectivity index (χ1) is 6.83. The lowest BCUT2D eigenvalue weighted by molar-refractivity contribution is 0.163. The van der Waals surface area contributed by atoms with Crippen LogP contribution in [0.1, 0.15) is 39.5 Å². The second-order valence-electron chi connectivity index (χ2n) is 3.91. The number of likely N-dealkylation sites (tertiary alicyclic amines) is 1. The molecule has 0 aromatic heterocycles. The van der Waals surface area contributed by atoms with Crippen LogP contribution in [0.3, 0.4) is 0 Å². The largest absolute Gasteiger partial charge is 0.385 e. The topological polar surface area (TPSA) is 12.5 Å². The van der Waals surface area contributed by atoms with Gasteiger partial charge in [-0.3, -0.25) is 0 Å². The van der Waals surface area contributed by atoms with Crippen molar-refractivity contribution in [3.8, 4) is 0 Å². The van der Waals surface area contributed by atoms with Gasteiger partial charge in [-0.25, -0.2) is 0 Å². The van der Waals surface area contributed by atoms with Gasteiger partial charge in [0.05, 0.1) is 0 Å². The van der Waals surface area contributed by atoms with Crippen LogP contribution < -0.4 is 0 Å². The van der Waals surface area contributed by atoms with Crippen molar-refractivity contribution in [2.24, 2.45) is 5.92 Å². The lowest BCUT2D eigenvalue weighted by atomic mass is 9.94. The van der Waals surface area contributed by atoms with E-state index in [0.29, 0.717) is 0 Å². The van der Waals surface area contributed by atoms with E-state index in [1.165, 1.54) is 38.8 Å². The van der Waals surface area contributed by atoms with E-state index in [1.54, 1.807) is 7.11 Å². The van der Waals surface area contributed by atoms with Crippen molar-refractivity contribution in [1.29, 1.82) is 0 Å². The van der Waals surface area contributed by atoms with E-state index in [9.17, 15) is 0 Å². The molecule has 1 rings (SSSR count). The first-order valence-electron chi connectivity index (χ1n) is 6.00. The Hall–Kier alpha value is -0.0800. The Labute approximate surface area is 89.6 Å². The number of piperidine rings is 1. The highest BCUT2D eigenvalue weighted by Crippen LogP contribution is 2.19. The smallest absolute Gasteiger partial charge is 0.0462 e. The molecule has 1 heterocycles. The van der Waals surface area contributed by atoms with Crippen LogP contribution in [0.15, 0.2) is 0 Å². The number of hydrogen-bond acceptors (Lipinski definition) is 2. The number of nitrogens with zero attached hydrogens (tertiary/aromatic N) is 1. The van der Waals surface area contributed by atoms with E-state index >= 15 is 0 Å². The Kier molecular flexibility index (Phi) is 9.42. The van der Waals surface area contributed by atoms with Gasteiger partial charge in [-0.05, 0) is 45.2 Å². The van der Waals surface area contributed by atoms with Crippen molar-refractivity contribution >= 4 is 0 Å². The zero-order chi connectivity index (χ0) is 10.8. The van der Waals surface area contributed by atoms with Gasteiger partial charge in [-0.15, -0.1) is 0 Å². The maximum atomic E-state index is 5.05. The Morgan fingerprint density at radius 1 is 1.36 bits per heavy atom. The summed E-state index contributed by atoms with van der Waals surface area (Å²) >= 11 is 0. The van der Waals surface area contributed by atoms with Crippen LogP contribution in [0.4, 0.5) is 0 Å². The molecule has 1 unspecified atom stereocenters. The SMILES string of the molecule is CC.COCCCC1CCCN(C)C1. The van der Waals surface area contributed by atoms with Gasteiger partial charge in [-0.2, -0.15) is 0 Å². The molecule has 0 amide bonds. The first-order valence-corrected chi connectivity index (χ1v) is 6.00. The molecule has 0 aliphatic carbocycles. The van der Waals surface area contributed by atoms with Crippen molar-refractivity contribution < 1.29 is 4.74 Å². The molecule has 1 aliphatic heterocycles. The maximum absolute atomic E-state index is 5.05. The number of rotatable bonds is 4. The van der Waals surface area contributed by atoms with E-state index in [1.807, 2.05) is 13.8 Å². The summed E-state index contributed by atoms with van der Waals surface area (Å²) in [6, 6.07) is 0. The van der Waals surface area contributed by atoms with Crippen molar-refractivity contribution in [2.45, 2.75) is 39.5 Å². The molecule has 1 saturated heterocycles. The quantitative estimate of drug-likeness (QED) is 0.649. The zero-order valence-electron chi connectivity index (χ0n) is 10.4. The fraction of sp³-hybridized carbons (Fsp3) is 1.00. The Morgan fingerprint density at radius 2 is 2.07 bits per heavy atom. The van der Waals surface area contributed by atoms with E-state index in [4.69, 9.17) is 4.74 Å². The molecular weight excluding hydrogens is 174 g/mol. The minimum Gasteiger partial charge on any atom is -0.385 e. The average Bonchev–Trinajstić information content (AvgIpc) is 2.21. The van der Waals surface area contributed by atoms with E-state index in [-0.39, 0.29) is 0 Å². The molecule has 1 fully saturated rings. The highest BCUT2D eigenvalue weighted by molar-refractivity contribution is 4.70. The highest BCUT2D eigenvalue weighted by atomic mass is 16.5. The molecule has 0 saturated carbocycles. The fourth-order valence-corrected chi connectivity index (χ4v) is 2.03. The number of ether oxygens (including phenoxy) is 1. The molecule has 2 nitrogen and oxygen atoms in total. The predicted octanol–water partition coefficient (Wildman–Crippen LogP) is 2.78. The van der Waals surface area contributed by atoms with Gasteiger partial charge in [0.1, 0.15) is 0 Å². The van der Waals surface area contributed by atoms with E-state index in [0.717, 1.165) is 12.5 Å². The zero-order valence-corrected chi connectivity index (χ0v) is 10.4. The first kappa shape index (κ1) is 13.9. The van der Waals surface area contributed by atoms with Crippen LogP contribution in [-0.2, 0) is 4.74 Å². The molecular formula is C12H27NO. The summed E-state index contributed by atoms with van der Waals surface area (Å²) in [5, 5.41) is 0. The second-order valence-corrected chi connectivity index (χ2v) is 3.91. The molecule has 14 heavy (non-hydrogen) atoms. The van der Waals surface area contributed by atoms with Crippen molar-refractivity contribution in [3.05, 3.63) is 0 Å². The summed E-state index contributed by atoms with van der Waals surface area (Å²) in [4.78, 5) is 2.45. The standard InChI is InChI=1S/C10H21NO.C2H6/c1-11-7-3-5-10(9-11)6-4-8-12-2;1-2/h10H,3-9H2,1-2H3;1-2H3. The fourth-order valence-electron chi connectivity index (χ4n) is 2.03. The molecule has 86 valence electrons. The summed E-state index contributed by atoms with van der Waals surface area (Å²) < 4.78 is 5.05. The van der Waals surface area contributed by atoms with Gasteiger partial charge in [-0.1, -0.05) is 13.8 Å². The van der Waals surface area contributed by atoms with Crippen LogP contribution >= 0.6 is 0 Å². The van der Waals surface area contributed by atoms with Gasteiger partial charge in [0.15, 0.2) is 0 Å². The van der Waals surface area contributed by atoms with Gasteiger partial charge in [0, 0.05) is 20.3 Å². The van der Waals surface area contributed by atoms with Gasteiger partial charge >= 0.3 is 0 Å². The molecule has 0 aromatic carbocycles. The Bertz CT molecular complexity index is 117. The van der Waals surface area contributed by atoms with Gasteiger partial charge in [0.25, 0.3) is 0 Å². The average molecular weight is 201 g/mol. The Balaban J connectivity index is 0.000000791. The minimum atomic E-state index is 0.930. The van der Waals surface area contributed by atoms with Crippen LogP contribution in [0, 0.1) is 5.92 Å². The maximum Gasteiger partial charge on any atom is 0.0462 e. The molecule has 0 spiro atoms. The third kappa shape index (κ3) is 6.39. The van der Waals surface area contributed by atoms with E-state index < -0.39 is 0 Å². The van der Waals surface area contributed by atoms with Crippen LogP contribution in [0.25, 0.3) is 0 Å². The monoisotopic (exact) mass is 201 g/mol. The molecule has 0 N–H and O–H groups in total. The van der Waals surface area contributed by atoms with Gasteiger partial charge in [0.2, 0.25) is 0 Å². The molecule has 1 aliphatic rings. The minimum absolute atomic E-state index is 0.930. The van der Waals surface area contributed by atoms with Gasteiger partial charge < -0.3 is 9.64 Å². The van der Waals surface area contributed by atoms with Crippen LogP contribution in [-0.4, -0.2) is 38.8 Å². The second kappa shape index (κ2) is 9.47. The van der Waals surface area contributed by atoms with Crippen molar-refractivity contribution in [1.82, 2.24) is 4.90 Å². The van der Waals surface area contributed by atoms with E-state index in [2.05, 4.69) is 11.9 Å². The predicted molar refractivity (Wildman–Crippen MR) is 62.7 cm³/mol. The normalized spacial score (nSPS) is 22.7. The molecule has 0 radical (unpaired) electrons. The molecule has 0 bridgehead atoms. The summed E-state index contributed by atoms with van der Waals surface area (Å²) in [6.45, 7) is 7.52. The molecule has 2 heteroatoms. The Morgan fingerprint density at radius 3 is 2.64 bits per heavy atom. The third-order valence-corrected chi connectivity index (χ3v) is 2.68. The van der Waals surface area contributed by atoms with Crippen molar-refractivity contribution in [2.75, 3.05) is 33.9 Å². The van der Waals surface area contributed by atoms with Crippen molar-refractivity contribution in [3.63, 3.8) is 0 Å². The summed E-state index contributed by atoms with van der Waals surface area (Å²) in [7, 11) is 4.01. The summed E-state index contributed by atoms with van der Waals surface area (Å²) in [5.74, 6) is 0.930. The van der Waals surface area contributed by atoms with Crippen LogP contribution in [0.2, 0.25) is 0 Å². The van der Waals surface area contributed by atoms with Crippen LogP contribution in [0.5, 0.6) is 0 Å². The number of hydrogen-bond donors (Lipinski definition) is 0. The lowest BCUT2D eigenvalue weighted by Crippen LogP contribution is -2.32. The molecule has 1 atom stereocenters. The molecule has 0 aromatic rings. The number of methoxy groups -OCH3 is 1. The third-order valence-electron chi connectivity index (χ3n) is 2.68. The summed E-state index contributed by atoms with van der Waals surface area (Å²) in [5.41, 5.74) is 0.